The summed E-state index contributed by atoms with van der Waals surface area (Å²) in [4.78, 5) is 2.20. The van der Waals surface area contributed by atoms with E-state index in [1.807, 2.05) is 23.5 Å². The molecule has 0 saturated heterocycles. The second kappa shape index (κ2) is 8.58. The summed E-state index contributed by atoms with van der Waals surface area (Å²) < 4.78 is 7.03. The molecule has 1 heterocycles. The van der Waals surface area contributed by atoms with Crippen LogP contribution in [0.2, 0.25) is 0 Å². The van der Waals surface area contributed by atoms with Crippen LogP contribution in [-0.2, 0) is 18.3 Å². The van der Waals surface area contributed by atoms with E-state index in [0.29, 0.717) is 0 Å². The Morgan fingerprint density at radius 1 is 1.42 bits per heavy atom. The average Bonchev–Trinajstić information content (AvgIpc) is 2.60. The third kappa shape index (κ3) is 5.52. The number of thioether (sulfide) groups is 1. The molecule has 0 fully saturated rings. The molecule has 6 heteroatoms. The highest BCUT2D eigenvalue weighted by atomic mass is 32.2. The molecular weight excluding hydrogens is 260 g/mol. The maximum atomic E-state index is 5.04. The summed E-state index contributed by atoms with van der Waals surface area (Å²) in [6, 6.07) is 0. The Balaban J connectivity index is 2.57. The molecule has 0 aromatic carbocycles. The second-order valence-electron chi connectivity index (χ2n) is 4.81. The van der Waals surface area contributed by atoms with E-state index in [2.05, 4.69) is 36.3 Å². The van der Waals surface area contributed by atoms with Gasteiger partial charge in [0.25, 0.3) is 0 Å². The maximum Gasteiger partial charge on any atom is 0.0984 e. The van der Waals surface area contributed by atoms with Crippen molar-refractivity contribution < 1.29 is 4.74 Å². The Morgan fingerprint density at radius 2 is 2.16 bits per heavy atom. The Bertz CT molecular complexity index is 379. The lowest BCUT2D eigenvalue weighted by atomic mass is 10.2. The van der Waals surface area contributed by atoms with Crippen molar-refractivity contribution >= 4 is 11.8 Å². The van der Waals surface area contributed by atoms with Crippen molar-refractivity contribution in [2.24, 2.45) is 7.05 Å². The van der Waals surface area contributed by atoms with Crippen molar-refractivity contribution in [2.45, 2.75) is 18.5 Å². The van der Waals surface area contributed by atoms with Gasteiger partial charge < -0.3 is 15.0 Å². The van der Waals surface area contributed by atoms with Crippen LogP contribution in [0, 0.1) is 6.92 Å². The second-order valence-corrected chi connectivity index (χ2v) is 5.90. The minimum atomic E-state index is 0.739. The molecule has 0 amide bonds. The number of hydrogen-bond acceptors (Lipinski definition) is 5. The van der Waals surface area contributed by atoms with Gasteiger partial charge in [0.05, 0.1) is 17.3 Å². The van der Waals surface area contributed by atoms with Crippen LogP contribution in [-0.4, -0.2) is 61.3 Å². The summed E-state index contributed by atoms with van der Waals surface area (Å²) in [6.45, 7) is 5.61. The summed E-state index contributed by atoms with van der Waals surface area (Å²) in [5.41, 5.74) is 2.42. The molecule has 0 saturated carbocycles. The Morgan fingerprint density at radius 3 is 2.79 bits per heavy atom. The van der Waals surface area contributed by atoms with E-state index in [1.165, 1.54) is 10.6 Å². The summed E-state index contributed by atoms with van der Waals surface area (Å²) in [5.74, 6) is 1.08. The predicted molar refractivity (Wildman–Crippen MR) is 80.8 cm³/mol. The molecule has 1 aromatic rings. The molecule has 110 valence electrons. The van der Waals surface area contributed by atoms with Gasteiger partial charge in [-0.25, -0.2) is 0 Å². The van der Waals surface area contributed by atoms with E-state index in [9.17, 15) is 0 Å². The van der Waals surface area contributed by atoms with Crippen LogP contribution in [0.5, 0.6) is 0 Å². The lowest BCUT2D eigenvalue weighted by Crippen LogP contribution is -2.19. The van der Waals surface area contributed by atoms with Crippen LogP contribution in [0.4, 0.5) is 0 Å². The van der Waals surface area contributed by atoms with E-state index in [-0.39, 0.29) is 0 Å². The first-order valence-corrected chi connectivity index (χ1v) is 7.54. The SMILES string of the molecule is COCCNCc1c(C)nn(C)c1SCCN(C)C. The van der Waals surface area contributed by atoms with Gasteiger partial charge in [0.1, 0.15) is 0 Å². The fourth-order valence-corrected chi connectivity index (χ4v) is 3.05. The van der Waals surface area contributed by atoms with E-state index >= 15 is 0 Å². The van der Waals surface area contributed by atoms with Crippen LogP contribution in [0.3, 0.4) is 0 Å². The molecule has 0 unspecified atom stereocenters. The Kier molecular flexibility index (Phi) is 7.45. The third-order valence-corrected chi connectivity index (χ3v) is 4.02. The number of nitrogens with zero attached hydrogens (tertiary/aromatic N) is 3. The minimum absolute atomic E-state index is 0.739. The number of nitrogens with one attached hydrogen (secondary N) is 1. The number of methoxy groups -OCH3 is 1. The average molecular weight is 286 g/mol. The lowest BCUT2D eigenvalue weighted by molar-refractivity contribution is 0.199. The van der Waals surface area contributed by atoms with Gasteiger partial charge in [0.15, 0.2) is 0 Å². The zero-order chi connectivity index (χ0) is 14.3. The van der Waals surface area contributed by atoms with Crippen molar-refractivity contribution in [3.05, 3.63) is 11.3 Å². The van der Waals surface area contributed by atoms with E-state index in [0.717, 1.165) is 37.7 Å². The number of rotatable bonds is 9. The van der Waals surface area contributed by atoms with E-state index in [1.54, 1.807) is 7.11 Å². The van der Waals surface area contributed by atoms with E-state index < -0.39 is 0 Å². The molecule has 0 aliphatic rings. The lowest BCUT2D eigenvalue weighted by Gasteiger charge is -2.11. The first-order chi connectivity index (χ1) is 9.06. The summed E-state index contributed by atoms with van der Waals surface area (Å²) in [6.07, 6.45) is 0. The summed E-state index contributed by atoms with van der Waals surface area (Å²) >= 11 is 1.87. The van der Waals surface area contributed by atoms with Crippen LogP contribution in [0.25, 0.3) is 0 Å². The Labute approximate surface area is 120 Å². The van der Waals surface area contributed by atoms with Gasteiger partial charge in [-0.3, -0.25) is 4.68 Å². The van der Waals surface area contributed by atoms with Crippen molar-refractivity contribution in [1.29, 1.82) is 0 Å². The van der Waals surface area contributed by atoms with Crippen molar-refractivity contribution in [3.63, 3.8) is 0 Å². The van der Waals surface area contributed by atoms with Crippen LogP contribution < -0.4 is 5.32 Å². The van der Waals surface area contributed by atoms with Gasteiger partial charge in [0, 0.05) is 45.1 Å². The first kappa shape index (κ1) is 16.5. The standard InChI is InChI=1S/C13H26N4OS/c1-11-12(10-14-6-8-18-5)13(17(4)15-11)19-9-7-16(2)3/h14H,6-10H2,1-5H3. The molecule has 1 N–H and O–H groups in total. The third-order valence-electron chi connectivity index (χ3n) is 2.85. The zero-order valence-corrected chi connectivity index (χ0v) is 13.5. The quantitative estimate of drug-likeness (QED) is 0.544. The molecule has 1 aromatic heterocycles. The molecule has 1 rings (SSSR count). The molecule has 0 radical (unpaired) electrons. The van der Waals surface area contributed by atoms with Crippen LogP contribution >= 0.6 is 11.8 Å². The molecule has 0 aliphatic heterocycles. The topological polar surface area (TPSA) is 42.3 Å². The van der Waals surface area contributed by atoms with Gasteiger partial charge in [-0.2, -0.15) is 5.10 Å². The smallest absolute Gasteiger partial charge is 0.0984 e. The normalized spacial score (nSPS) is 11.5. The molecular formula is C13H26N4OS. The van der Waals surface area contributed by atoms with Gasteiger partial charge in [-0.1, -0.05) is 0 Å². The molecule has 0 spiro atoms. The van der Waals surface area contributed by atoms with Gasteiger partial charge in [-0.15, -0.1) is 11.8 Å². The number of hydrogen-bond donors (Lipinski definition) is 1. The fourth-order valence-electron chi connectivity index (χ4n) is 1.78. The van der Waals surface area contributed by atoms with Gasteiger partial charge in [0.2, 0.25) is 0 Å². The first-order valence-electron chi connectivity index (χ1n) is 6.56. The van der Waals surface area contributed by atoms with Crippen molar-refractivity contribution in [1.82, 2.24) is 20.0 Å². The summed E-state index contributed by atoms with van der Waals surface area (Å²) in [5, 5.41) is 9.18. The Hall–Kier alpha value is -0.560. The highest BCUT2D eigenvalue weighted by molar-refractivity contribution is 7.99. The van der Waals surface area contributed by atoms with Crippen LogP contribution in [0.1, 0.15) is 11.3 Å². The number of ether oxygens (including phenoxy) is 1. The predicted octanol–water partition coefficient (Wildman–Crippen LogP) is 1.12. The molecule has 19 heavy (non-hydrogen) atoms. The van der Waals surface area contributed by atoms with Gasteiger partial charge in [-0.05, 0) is 21.0 Å². The monoisotopic (exact) mass is 286 g/mol. The summed E-state index contributed by atoms with van der Waals surface area (Å²) in [7, 11) is 7.94. The molecule has 0 atom stereocenters. The highest BCUT2D eigenvalue weighted by Gasteiger charge is 2.13. The fraction of sp³-hybridized carbons (Fsp3) is 0.769. The zero-order valence-electron chi connectivity index (χ0n) is 12.7. The van der Waals surface area contributed by atoms with Gasteiger partial charge >= 0.3 is 0 Å². The van der Waals surface area contributed by atoms with Crippen molar-refractivity contribution in [2.75, 3.05) is 46.7 Å². The van der Waals surface area contributed by atoms with E-state index in [4.69, 9.17) is 4.74 Å². The highest BCUT2D eigenvalue weighted by Crippen LogP contribution is 2.24. The molecule has 0 aliphatic carbocycles. The van der Waals surface area contributed by atoms with Crippen LogP contribution in [0.15, 0.2) is 5.03 Å². The maximum absolute atomic E-state index is 5.04. The van der Waals surface area contributed by atoms with Crippen molar-refractivity contribution in [3.8, 4) is 0 Å². The molecule has 5 nitrogen and oxygen atoms in total. The number of aryl methyl sites for hydroxylation is 2. The number of aromatic nitrogens is 2. The minimum Gasteiger partial charge on any atom is -0.383 e. The largest absolute Gasteiger partial charge is 0.383 e. The molecule has 0 bridgehead atoms.